The summed E-state index contributed by atoms with van der Waals surface area (Å²) in [7, 11) is 0. The lowest BCUT2D eigenvalue weighted by Gasteiger charge is -2.07. The minimum atomic E-state index is -4.61. The van der Waals surface area contributed by atoms with E-state index in [4.69, 9.17) is 0 Å². The van der Waals surface area contributed by atoms with Crippen molar-refractivity contribution in [3.05, 3.63) is 36.1 Å². The first-order chi connectivity index (χ1) is 7.35. The molecule has 0 bridgehead atoms. The predicted molar refractivity (Wildman–Crippen MR) is 60.8 cm³/mol. The van der Waals surface area contributed by atoms with E-state index in [9.17, 15) is 13.2 Å². The van der Waals surface area contributed by atoms with Crippen LogP contribution in [-0.2, 0) is 4.74 Å². The Hall–Kier alpha value is -1.19. The van der Waals surface area contributed by atoms with Crippen molar-refractivity contribution in [2.45, 2.75) is 40.5 Å². The fraction of sp³-hybridized carbons (Fsp3) is 0.500. The van der Waals surface area contributed by atoms with Crippen LogP contribution in [0.2, 0.25) is 0 Å². The fourth-order valence-electron chi connectivity index (χ4n) is 0.654. The molecule has 0 heterocycles. The van der Waals surface area contributed by atoms with E-state index in [0.29, 0.717) is 0 Å². The van der Waals surface area contributed by atoms with E-state index >= 15 is 0 Å². The van der Waals surface area contributed by atoms with Crippen LogP contribution < -0.4 is 0 Å². The molecule has 0 radical (unpaired) electrons. The summed E-state index contributed by atoms with van der Waals surface area (Å²) in [6.07, 6.45) is 0.518. The van der Waals surface area contributed by atoms with Crippen molar-refractivity contribution >= 4 is 0 Å². The first-order valence-electron chi connectivity index (χ1n) is 5.13. The third-order valence-electron chi connectivity index (χ3n) is 1.39. The van der Waals surface area contributed by atoms with Gasteiger partial charge in [-0.3, -0.25) is 0 Å². The van der Waals surface area contributed by atoms with Gasteiger partial charge in [0.15, 0.2) is 0 Å². The van der Waals surface area contributed by atoms with E-state index in [1.54, 1.807) is 6.08 Å². The zero-order valence-electron chi connectivity index (χ0n) is 10.2. The minimum Gasteiger partial charge on any atom is -0.411 e. The van der Waals surface area contributed by atoms with E-state index in [-0.39, 0.29) is 5.76 Å². The molecule has 94 valence electrons. The Labute approximate surface area is 95.3 Å². The molecule has 0 aromatic heterocycles. The van der Waals surface area contributed by atoms with E-state index in [2.05, 4.69) is 11.3 Å². The van der Waals surface area contributed by atoms with E-state index in [0.717, 1.165) is 12.0 Å². The number of hydrogen-bond acceptors (Lipinski definition) is 1. The maximum atomic E-state index is 11.7. The van der Waals surface area contributed by atoms with E-state index in [1.165, 1.54) is 19.1 Å². The van der Waals surface area contributed by atoms with Crippen LogP contribution in [0.4, 0.5) is 13.2 Å². The van der Waals surface area contributed by atoms with Crippen molar-refractivity contribution in [2.24, 2.45) is 0 Å². The Bertz CT molecular complexity index is 249. The third kappa shape index (κ3) is 12.8. The van der Waals surface area contributed by atoms with Gasteiger partial charge in [-0.15, -0.1) is 13.2 Å². The van der Waals surface area contributed by atoms with Gasteiger partial charge in [-0.2, -0.15) is 0 Å². The van der Waals surface area contributed by atoms with E-state index in [1.807, 2.05) is 20.8 Å². The number of allylic oxidation sites excluding steroid dienone is 5. The van der Waals surface area contributed by atoms with E-state index < -0.39 is 6.36 Å². The summed E-state index contributed by atoms with van der Waals surface area (Å²) in [5.74, 6) is -0.197. The number of halogens is 3. The quantitative estimate of drug-likeness (QED) is 0.494. The van der Waals surface area contributed by atoms with Crippen LogP contribution in [0.3, 0.4) is 0 Å². The van der Waals surface area contributed by atoms with Crippen LogP contribution in [-0.4, -0.2) is 6.36 Å². The van der Waals surface area contributed by atoms with Gasteiger partial charge < -0.3 is 4.74 Å². The van der Waals surface area contributed by atoms with Crippen molar-refractivity contribution in [1.82, 2.24) is 0 Å². The molecule has 0 aliphatic heterocycles. The Kier molecular flexibility index (Phi) is 9.75. The summed E-state index contributed by atoms with van der Waals surface area (Å²) in [5, 5.41) is 0. The second kappa shape index (κ2) is 9.07. The van der Waals surface area contributed by atoms with Crippen molar-refractivity contribution in [1.29, 1.82) is 0 Å². The van der Waals surface area contributed by atoms with Crippen LogP contribution in [0.15, 0.2) is 36.1 Å². The Morgan fingerprint density at radius 3 is 2.19 bits per heavy atom. The molecular formula is C12H19F3O. The topological polar surface area (TPSA) is 9.23 Å². The molecule has 1 nitrogen and oxygen atoms in total. The van der Waals surface area contributed by atoms with Gasteiger partial charge in [-0.25, -0.2) is 0 Å². The van der Waals surface area contributed by atoms with Gasteiger partial charge in [-0.05, 0) is 19.4 Å². The maximum Gasteiger partial charge on any atom is 0.572 e. The largest absolute Gasteiger partial charge is 0.572 e. The Balaban J connectivity index is 0. The van der Waals surface area contributed by atoms with Gasteiger partial charge in [-0.1, -0.05) is 45.1 Å². The number of ether oxygens (including phenoxy) is 1. The molecular weight excluding hydrogens is 217 g/mol. The second-order valence-corrected chi connectivity index (χ2v) is 2.70. The Morgan fingerprint density at radius 2 is 1.81 bits per heavy atom. The molecule has 0 aliphatic rings. The summed E-state index contributed by atoms with van der Waals surface area (Å²) >= 11 is 0. The lowest BCUT2D eigenvalue weighted by Crippen LogP contribution is -2.11. The summed E-state index contributed by atoms with van der Waals surface area (Å²) in [4.78, 5) is 0. The minimum absolute atomic E-state index is 0.197. The highest BCUT2D eigenvalue weighted by Gasteiger charge is 2.30. The fourth-order valence-corrected chi connectivity index (χ4v) is 0.654. The predicted octanol–water partition coefficient (Wildman–Crippen LogP) is 4.98. The number of alkyl halides is 3. The molecule has 0 fully saturated rings. The van der Waals surface area contributed by atoms with Gasteiger partial charge in [0.05, 0.1) is 0 Å². The zero-order chi connectivity index (χ0) is 13.2. The highest BCUT2D eigenvalue weighted by molar-refractivity contribution is 5.19. The summed E-state index contributed by atoms with van der Waals surface area (Å²) in [6, 6.07) is 0. The maximum absolute atomic E-state index is 11.7. The standard InChI is InChI=1S/C10H13F3O.C2H6/c1-4-8(2)6-5-7-9(3)14-10(11,12)13;1-2/h5-7H,2,4H2,1,3H3;1-2H3/b6-5-,9-7+;. The summed E-state index contributed by atoms with van der Waals surface area (Å²) < 4.78 is 38.6. The first kappa shape index (κ1) is 17.2. The second-order valence-electron chi connectivity index (χ2n) is 2.70. The smallest absolute Gasteiger partial charge is 0.411 e. The van der Waals surface area contributed by atoms with Crippen molar-refractivity contribution in [3.63, 3.8) is 0 Å². The highest BCUT2D eigenvalue weighted by Crippen LogP contribution is 2.20. The SMILES string of the molecule is C=C(/C=C\C=C(/C)OC(F)(F)F)CC.CC. The average Bonchev–Trinajstić information content (AvgIpc) is 2.18. The average molecular weight is 236 g/mol. The van der Waals surface area contributed by atoms with Gasteiger partial charge >= 0.3 is 6.36 Å². The molecule has 0 spiro atoms. The molecule has 4 heteroatoms. The molecule has 0 saturated carbocycles. The molecule has 0 N–H and O–H groups in total. The third-order valence-corrected chi connectivity index (χ3v) is 1.39. The van der Waals surface area contributed by atoms with Gasteiger partial charge in [0.1, 0.15) is 5.76 Å². The van der Waals surface area contributed by atoms with Gasteiger partial charge in [0, 0.05) is 0 Å². The first-order valence-corrected chi connectivity index (χ1v) is 5.13. The van der Waals surface area contributed by atoms with Crippen LogP contribution in [0.5, 0.6) is 0 Å². The molecule has 16 heavy (non-hydrogen) atoms. The molecule has 0 aromatic rings. The van der Waals surface area contributed by atoms with Crippen LogP contribution in [0.25, 0.3) is 0 Å². The Morgan fingerprint density at radius 1 is 1.31 bits per heavy atom. The normalized spacial score (nSPS) is 12.1. The molecule has 0 rings (SSSR count). The zero-order valence-corrected chi connectivity index (χ0v) is 10.2. The van der Waals surface area contributed by atoms with Crippen LogP contribution >= 0.6 is 0 Å². The van der Waals surface area contributed by atoms with Crippen molar-refractivity contribution in [3.8, 4) is 0 Å². The molecule has 0 unspecified atom stereocenters. The summed E-state index contributed by atoms with van der Waals surface area (Å²) in [6.45, 7) is 10.8. The molecule has 0 atom stereocenters. The molecule has 0 saturated heterocycles. The van der Waals surface area contributed by atoms with Crippen molar-refractivity contribution in [2.75, 3.05) is 0 Å². The van der Waals surface area contributed by atoms with Crippen LogP contribution in [0, 0.1) is 0 Å². The van der Waals surface area contributed by atoms with Gasteiger partial charge in [0.2, 0.25) is 0 Å². The molecule has 0 amide bonds. The van der Waals surface area contributed by atoms with Crippen molar-refractivity contribution < 1.29 is 17.9 Å². The number of rotatable bonds is 4. The van der Waals surface area contributed by atoms with Crippen LogP contribution in [0.1, 0.15) is 34.1 Å². The lowest BCUT2D eigenvalue weighted by molar-refractivity contribution is -0.305. The monoisotopic (exact) mass is 236 g/mol. The molecule has 0 aromatic carbocycles. The lowest BCUT2D eigenvalue weighted by atomic mass is 10.2. The number of hydrogen-bond donors (Lipinski definition) is 0. The highest BCUT2D eigenvalue weighted by atomic mass is 19.4. The summed E-state index contributed by atoms with van der Waals surface area (Å²) in [5.41, 5.74) is 0.848. The molecule has 0 aliphatic carbocycles. The van der Waals surface area contributed by atoms with Gasteiger partial charge in [0.25, 0.3) is 0 Å².